The SMILES string of the molecule is COCC1c2ccc(OC)cc2CCN1C(=O)O[C@@H]1CC(C(N)=O)N(C(=O)CNC(=O)OC(C)(C)C)C1. The highest BCUT2D eigenvalue weighted by Gasteiger charge is 2.42. The van der Waals surface area contributed by atoms with E-state index in [9.17, 15) is 19.2 Å². The maximum absolute atomic E-state index is 13.2. The van der Waals surface area contributed by atoms with Gasteiger partial charge in [0, 0.05) is 20.1 Å². The zero-order valence-electron chi connectivity index (χ0n) is 21.9. The molecule has 3 N–H and O–H groups in total. The standard InChI is InChI=1S/C25H36N4O8/c1-25(2,3)37-23(32)27-12-21(30)29-13-17(11-19(29)22(26)31)36-24(33)28-9-8-15-10-16(35-5)6-7-18(15)20(28)14-34-4/h6-7,10,17,19-20H,8-9,11-14H2,1-5H3,(H2,26,31)(H,27,32)/t17-,19?,20?/m1/s1. The van der Waals surface area contributed by atoms with Crippen LogP contribution in [0.4, 0.5) is 9.59 Å². The number of benzene rings is 1. The minimum atomic E-state index is -0.963. The van der Waals surface area contributed by atoms with Crippen molar-refractivity contribution >= 4 is 24.0 Å². The molecule has 0 aromatic heterocycles. The molecule has 37 heavy (non-hydrogen) atoms. The van der Waals surface area contributed by atoms with Crippen LogP contribution in [0.25, 0.3) is 0 Å². The topological polar surface area (TPSA) is 150 Å². The van der Waals surface area contributed by atoms with Crippen molar-refractivity contribution in [3.05, 3.63) is 29.3 Å². The Morgan fingerprint density at radius 3 is 2.49 bits per heavy atom. The number of likely N-dealkylation sites (tertiary alicyclic amines) is 1. The first kappa shape index (κ1) is 28.0. The second-order valence-corrected chi connectivity index (χ2v) is 10.0. The quantitative estimate of drug-likeness (QED) is 0.547. The number of rotatable bonds is 7. The molecule has 1 aromatic rings. The fourth-order valence-corrected chi connectivity index (χ4v) is 4.57. The highest BCUT2D eigenvalue weighted by Crippen LogP contribution is 2.33. The molecule has 3 atom stereocenters. The molecular formula is C25H36N4O8. The first-order valence-electron chi connectivity index (χ1n) is 12.1. The number of hydrogen-bond donors (Lipinski definition) is 2. The molecule has 2 unspecified atom stereocenters. The lowest BCUT2D eigenvalue weighted by atomic mass is 9.93. The summed E-state index contributed by atoms with van der Waals surface area (Å²) in [4.78, 5) is 52.7. The zero-order chi connectivity index (χ0) is 27.3. The van der Waals surface area contributed by atoms with Gasteiger partial charge in [0.15, 0.2) is 0 Å². The van der Waals surface area contributed by atoms with Gasteiger partial charge in [0.2, 0.25) is 11.8 Å². The van der Waals surface area contributed by atoms with Crippen molar-refractivity contribution in [1.29, 1.82) is 0 Å². The largest absolute Gasteiger partial charge is 0.497 e. The van der Waals surface area contributed by atoms with Gasteiger partial charge in [0.25, 0.3) is 0 Å². The van der Waals surface area contributed by atoms with Crippen LogP contribution in [0.5, 0.6) is 5.75 Å². The van der Waals surface area contributed by atoms with E-state index >= 15 is 0 Å². The molecule has 0 spiro atoms. The monoisotopic (exact) mass is 520 g/mol. The summed E-state index contributed by atoms with van der Waals surface area (Å²) in [6, 6.07) is 4.36. The number of methoxy groups -OCH3 is 2. The van der Waals surface area contributed by atoms with Crippen molar-refractivity contribution in [1.82, 2.24) is 15.1 Å². The van der Waals surface area contributed by atoms with Crippen LogP contribution in [-0.2, 0) is 30.2 Å². The Kier molecular flexibility index (Phi) is 8.85. The molecule has 0 bridgehead atoms. The number of hydrogen-bond acceptors (Lipinski definition) is 8. The number of nitrogens with zero attached hydrogens (tertiary/aromatic N) is 2. The molecule has 3 rings (SSSR count). The summed E-state index contributed by atoms with van der Waals surface area (Å²) in [5.41, 5.74) is 6.80. The number of alkyl carbamates (subject to hydrolysis) is 1. The third-order valence-corrected chi connectivity index (χ3v) is 6.23. The van der Waals surface area contributed by atoms with Gasteiger partial charge in [-0.2, -0.15) is 0 Å². The van der Waals surface area contributed by atoms with Gasteiger partial charge in [0.05, 0.1) is 26.3 Å². The molecule has 12 heteroatoms. The van der Waals surface area contributed by atoms with Gasteiger partial charge in [-0.15, -0.1) is 0 Å². The summed E-state index contributed by atoms with van der Waals surface area (Å²) >= 11 is 0. The molecule has 1 fully saturated rings. The van der Waals surface area contributed by atoms with Crippen molar-refractivity contribution in [2.24, 2.45) is 5.73 Å². The number of fused-ring (bicyclic) bond motifs is 1. The van der Waals surface area contributed by atoms with E-state index in [0.29, 0.717) is 13.0 Å². The first-order chi connectivity index (χ1) is 17.4. The van der Waals surface area contributed by atoms with Crippen LogP contribution in [0.2, 0.25) is 0 Å². The van der Waals surface area contributed by atoms with E-state index in [1.165, 1.54) is 4.90 Å². The van der Waals surface area contributed by atoms with Gasteiger partial charge in [-0.3, -0.25) is 14.5 Å². The van der Waals surface area contributed by atoms with Crippen LogP contribution in [0.3, 0.4) is 0 Å². The summed E-state index contributed by atoms with van der Waals surface area (Å²) in [5, 5.41) is 2.38. The summed E-state index contributed by atoms with van der Waals surface area (Å²) in [6.07, 6.45) is -1.40. The number of carbonyl (C=O) groups excluding carboxylic acids is 4. The van der Waals surface area contributed by atoms with E-state index in [1.54, 1.807) is 39.9 Å². The van der Waals surface area contributed by atoms with Crippen molar-refractivity contribution < 1.29 is 38.1 Å². The number of ether oxygens (including phenoxy) is 4. The number of nitrogens with one attached hydrogen (secondary N) is 1. The van der Waals surface area contributed by atoms with Crippen molar-refractivity contribution in [3.63, 3.8) is 0 Å². The second kappa shape index (κ2) is 11.7. The Balaban J connectivity index is 1.65. The summed E-state index contributed by atoms with van der Waals surface area (Å²) in [5.74, 6) is -0.520. The number of nitrogens with two attached hydrogens (primary N) is 1. The Hall–Kier alpha value is -3.54. The van der Waals surface area contributed by atoms with E-state index < -0.39 is 41.7 Å². The minimum Gasteiger partial charge on any atom is -0.497 e. The highest BCUT2D eigenvalue weighted by atomic mass is 16.6. The van der Waals surface area contributed by atoms with E-state index in [4.69, 9.17) is 24.7 Å². The summed E-state index contributed by atoms with van der Waals surface area (Å²) in [7, 11) is 3.16. The van der Waals surface area contributed by atoms with E-state index in [2.05, 4.69) is 5.32 Å². The smallest absolute Gasteiger partial charge is 0.410 e. The van der Waals surface area contributed by atoms with E-state index in [0.717, 1.165) is 16.9 Å². The molecule has 0 radical (unpaired) electrons. The normalized spacial score (nSPS) is 21.2. The predicted molar refractivity (Wildman–Crippen MR) is 132 cm³/mol. The number of primary amides is 1. The van der Waals surface area contributed by atoms with Crippen LogP contribution in [0, 0.1) is 0 Å². The maximum Gasteiger partial charge on any atom is 0.410 e. The van der Waals surface area contributed by atoms with E-state index in [-0.39, 0.29) is 32.2 Å². The van der Waals surface area contributed by atoms with Crippen LogP contribution in [-0.4, -0.2) is 92.0 Å². The van der Waals surface area contributed by atoms with Crippen molar-refractivity contribution in [3.8, 4) is 5.75 Å². The average molecular weight is 521 g/mol. The van der Waals surface area contributed by atoms with Gasteiger partial charge in [-0.1, -0.05) is 6.07 Å². The molecular weight excluding hydrogens is 484 g/mol. The third-order valence-electron chi connectivity index (χ3n) is 6.23. The fourth-order valence-electron chi connectivity index (χ4n) is 4.57. The average Bonchev–Trinajstić information content (AvgIpc) is 3.25. The minimum absolute atomic E-state index is 0.0231. The van der Waals surface area contributed by atoms with Gasteiger partial charge in [0.1, 0.15) is 30.0 Å². The lowest BCUT2D eigenvalue weighted by Gasteiger charge is -2.36. The molecule has 2 heterocycles. The summed E-state index contributed by atoms with van der Waals surface area (Å²) < 4.78 is 21.6. The Morgan fingerprint density at radius 2 is 1.86 bits per heavy atom. The lowest BCUT2D eigenvalue weighted by molar-refractivity contribution is -0.136. The number of amides is 4. The summed E-state index contributed by atoms with van der Waals surface area (Å²) in [6.45, 7) is 5.36. The fraction of sp³-hybridized carbons (Fsp3) is 0.600. The molecule has 12 nitrogen and oxygen atoms in total. The molecule has 0 saturated carbocycles. The molecule has 2 aliphatic heterocycles. The molecule has 4 amide bonds. The lowest BCUT2D eigenvalue weighted by Crippen LogP contribution is -2.48. The van der Waals surface area contributed by atoms with E-state index in [1.807, 2.05) is 18.2 Å². The number of carbonyl (C=O) groups is 4. The molecule has 204 valence electrons. The predicted octanol–water partition coefficient (Wildman–Crippen LogP) is 1.36. The van der Waals surface area contributed by atoms with Crippen LogP contribution in [0.15, 0.2) is 18.2 Å². The third kappa shape index (κ3) is 7.03. The van der Waals surface area contributed by atoms with Gasteiger partial charge in [-0.25, -0.2) is 9.59 Å². The van der Waals surface area contributed by atoms with Gasteiger partial charge in [-0.05, 0) is 50.5 Å². The van der Waals surface area contributed by atoms with Crippen LogP contribution in [0.1, 0.15) is 44.4 Å². The van der Waals surface area contributed by atoms with Crippen LogP contribution >= 0.6 is 0 Å². The molecule has 0 aliphatic carbocycles. The van der Waals surface area contributed by atoms with Crippen LogP contribution < -0.4 is 15.8 Å². The maximum atomic E-state index is 13.2. The van der Waals surface area contributed by atoms with Gasteiger partial charge < -0.3 is 34.9 Å². The van der Waals surface area contributed by atoms with Crippen molar-refractivity contribution in [2.45, 2.75) is 57.4 Å². The molecule has 1 aromatic carbocycles. The first-order valence-corrected chi connectivity index (χ1v) is 12.1. The van der Waals surface area contributed by atoms with Crippen molar-refractivity contribution in [2.75, 3.05) is 40.5 Å². The zero-order valence-corrected chi connectivity index (χ0v) is 21.9. The second-order valence-electron chi connectivity index (χ2n) is 10.0. The highest BCUT2D eigenvalue weighted by molar-refractivity contribution is 5.89. The Morgan fingerprint density at radius 1 is 1.14 bits per heavy atom. The Labute approximate surface area is 216 Å². The van der Waals surface area contributed by atoms with Gasteiger partial charge >= 0.3 is 12.2 Å². The molecule has 2 aliphatic rings. The molecule has 1 saturated heterocycles. The Bertz CT molecular complexity index is 1020.